The van der Waals surface area contributed by atoms with Gasteiger partial charge in [-0.25, -0.2) is 4.98 Å². The topological polar surface area (TPSA) is 145 Å². The Kier molecular flexibility index (Phi) is 9.27. The molecule has 2 aromatic carbocycles. The first-order valence-corrected chi connectivity index (χ1v) is 14.5. The van der Waals surface area contributed by atoms with Crippen LogP contribution >= 0.6 is 23.1 Å². The van der Waals surface area contributed by atoms with Gasteiger partial charge < -0.3 is 15.2 Å². The van der Waals surface area contributed by atoms with E-state index in [9.17, 15) is 19.7 Å². The summed E-state index contributed by atoms with van der Waals surface area (Å²) in [5, 5.41) is 28.5. The van der Waals surface area contributed by atoms with Crippen LogP contribution in [0.2, 0.25) is 0 Å². The van der Waals surface area contributed by atoms with Crippen LogP contribution < -0.4 is 10.6 Å². The van der Waals surface area contributed by atoms with Crippen LogP contribution in [0, 0.1) is 23.0 Å². The Morgan fingerprint density at radius 2 is 1.90 bits per heavy atom. The van der Waals surface area contributed by atoms with Crippen molar-refractivity contribution < 1.29 is 14.5 Å². The third-order valence-electron chi connectivity index (χ3n) is 6.11. The molecule has 0 aliphatic carbocycles. The van der Waals surface area contributed by atoms with Crippen molar-refractivity contribution in [3.05, 3.63) is 81.0 Å². The van der Waals surface area contributed by atoms with Crippen LogP contribution in [0.1, 0.15) is 48.6 Å². The summed E-state index contributed by atoms with van der Waals surface area (Å²) in [7, 11) is 0. The molecule has 0 aliphatic rings. The fourth-order valence-electron chi connectivity index (χ4n) is 3.99. The standard InChI is InChI=1S/C27H29N7O4S2/c1-5-33-24(23(16(2)3)30-25(36)18-9-7-6-8-10-18)31-32-27(33)40-15-22(35)29-26-28-20(14-39-26)19-12-11-17(4)21(13-19)34(37)38/h6-14,16,23H,5,15H2,1-4H3,(H,30,36)(H,28,29,35). The molecule has 4 rings (SSSR count). The third kappa shape index (κ3) is 6.72. The third-order valence-corrected chi connectivity index (χ3v) is 7.84. The lowest BCUT2D eigenvalue weighted by Crippen LogP contribution is -2.33. The lowest BCUT2D eigenvalue weighted by molar-refractivity contribution is -0.385. The van der Waals surface area contributed by atoms with E-state index in [1.807, 2.05) is 43.5 Å². The molecule has 2 aromatic heterocycles. The number of nitro groups is 1. The van der Waals surface area contributed by atoms with Crippen molar-refractivity contribution in [1.29, 1.82) is 0 Å². The normalized spacial score (nSPS) is 11.8. The number of aromatic nitrogens is 4. The van der Waals surface area contributed by atoms with Gasteiger partial charge in [-0.1, -0.05) is 55.9 Å². The number of aryl methyl sites for hydroxylation is 1. The number of thiazole rings is 1. The van der Waals surface area contributed by atoms with Crippen molar-refractivity contribution in [3.63, 3.8) is 0 Å². The number of nitro benzene ring substituents is 1. The molecule has 0 fully saturated rings. The average Bonchev–Trinajstić information content (AvgIpc) is 3.57. The van der Waals surface area contributed by atoms with Gasteiger partial charge in [-0.05, 0) is 31.9 Å². The number of benzene rings is 2. The van der Waals surface area contributed by atoms with E-state index in [-0.39, 0.29) is 35.2 Å². The monoisotopic (exact) mass is 579 g/mol. The molecule has 2 N–H and O–H groups in total. The Hall–Kier alpha value is -4.10. The van der Waals surface area contributed by atoms with E-state index in [1.54, 1.807) is 36.6 Å². The van der Waals surface area contributed by atoms with Gasteiger partial charge >= 0.3 is 0 Å². The maximum Gasteiger partial charge on any atom is 0.272 e. The predicted molar refractivity (Wildman–Crippen MR) is 155 cm³/mol. The van der Waals surface area contributed by atoms with Gasteiger partial charge in [-0.3, -0.25) is 19.7 Å². The van der Waals surface area contributed by atoms with Crippen LogP contribution in [0.4, 0.5) is 10.8 Å². The van der Waals surface area contributed by atoms with E-state index in [1.165, 1.54) is 29.2 Å². The van der Waals surface area contributed by atoms with E-state index in [4.69, 9.17) is 0 Å². The molecule has 2 heterocycles. The largest absolute Gasteiger partial charge is 0.342 e. The second-order valence-electron chi connectivity index (χ2n) is 9.28. The number of carbonyl (C=O) groups excluding carboxylic acids is 2. The van der Waals surface area contributed by atoms with Crippen LogP contribution in [0.25, 0.3) is 11.3 Å². The number of hydrogen-bond donors (Lipinski definition) is 2. The highest BCUT2D eigenvalue weighted by molar-refractivity contribution is 7.99. The van der Waals surface area contributed by atoms with Crippen molar-refractivity contribution in [2.24, 2.45) is 5.92 Å². The van der Waals surface area contributed by atoms with E-state index in [0.717, 1.165) is 0 Å². The first-order valence-electron chi connectivity index (χ1n) is 12.6. The van der Waals surface area contributed by atoms with Crippen LogP contribution in [0.15, 0.2) is 59.1 Å². The number of carbonyl (C=O) groups is 2. The Morgan fingerprint density at radius 3 is 2.58 bits per heavy atom. The summed E-state index contributed by atoms with van der Waals surface area (Å²) in [5.74, 6) is 0.289. The van der Waals surface area contributed by atoms with Crippen LogP contribution in [-0.2, 0) is 11.3 Å². The van der Waals surface area contributed by atoms with Gasteiger partial charge in [-0.2, -0.15) is 0 Å². The second kappa shape index (κ2) is 12.8. The molecule has 40 heavy (non-hydrogen) atoms. The predicted octanol–water partition coefficient (Wildman–Crippen LogP) is 5.50. The highest BCUT2D eigenvalue weighted by Crippen LogP contribution is 2.30. The van der Waals surface area contributed by atoms with Gasteiger partial charge in [-0.15, -0.1) is 21.5 Å². The van der Waals surface area contributed by atoms with E-state index >= 15 is 0 Å². The second-order valence-corrected chi connectivity index (χ2v) is 11.1. The van der Waals surface area contributed by atoms with Crippen molar-refractivity contribution >= 4 is 45.7 Å². The molecule has 1 unspecified atom stereocenters. The Labute approximate surface area is 239 Å². The number of anilines is 1. The van der Waals surface area contributed by atoms with Crippen molar-refractivity contribution in [2.75, 3.05) is 11.1 Å². The summed E-state index contributed by atoms with van der Waals surface area (Å²) in [6.45, 7) is 8.21. The maximum absolute atomic E-state index is 12.8. The summed E-state index contributed by atoms with van der Waals surface area (Å²) in [4.78, 5) is 40.8. The quantitative estimate of drug-likeness (QED) is 0.135. The highest BCUT2D eigenvalue weighted by atomic mass is 32.2. The van der Waals surface area contributed by atoms with Gasteiger partial charge in [0.15, 0.2) is 16.1 Å². The molecule has 0 bridgehead atoms. The first-order chi connectivity index (χ1) is 19.2. The molecule has 11 nitrogen and oxygen atoms in total. The number of rotatable bonds is 11. The van der Waals surface area contributed by atoms with Crippen molar-refractivity contribution in [3.8, 4) is 11.3 Å². The minimum absolute atomic E-state index is 0.0197. The van der Waals surface area contributed by atoms with Gasteiger partial charge in [0.1, 0.15) is 0 Å². The molecular formula is C27H29N7O4S2. The number of amides is 2. The smallest absolute Gasteiger partial charge is 0.272 e. The summed E-state index contributed by atoms with van der Waals surface area (Å²) in [5.41, 5.74) is 2.30. The van der Waals surface area contributed by atoms with Crippen LogP contribution in [0.5, 0.6) is 0 Å². The molecule has 13 heteroatoms. The zero-order chi connectivity index (χ0) is 28.8. The molecule has 0 radical (unpaired) electrons. The molecule has 0 spiro atoms. The molecule has 4 aromatic rings. The summed E-state index contributed by atoms with van der Waals surface area (Å²) >= 11 is 2.48. The Morgan fingerprint density at radius 1 is 1.15 bits per heavy atom. The summed E-state index contributed by atoms with van der Waals surface area (Å²) in [6, 6.07) is 13.6. The lowest BCUT2D eigenvalue weighted by atomic mass is 10.0. The summed E-state index contributed by atoms with van der Waals surface area (Å²) < 4.78 is 1.90. The molecule has 1 atom stereocenters. The highest BCUT2D eigenvalue weighted by Gasteiger charge is 2.26. The molecule has 208 valence electrons. The zero-order valence-corrected chi connectivity index (χ0v) is 24.1. The molecular weight excluding hydrogens is 550 g/mol. The summed E-state index contributed by atoms with van der Waals surface area (Å²) in [6.07, 6.45) is 0. The van der Waals surface area contributed by atoms with Crippen molar-refractivity contribution in [2.45, 2.75) is 45.4 Å². The van der Waals surface area contributed by atoms with Gasteiger partial charge in [0.2, 0.25) is 5.91 Å². The average molecular weight is 580 g/mol. The molecule has 0 saturated heterocycles. The first kappa shape index (κ1) is 28.9. The number of hydrogen-bond acceptors (Lipinski definition) is 9. The van der Waals surface area contributed by atoms with E-state index < -0.39 is 4.92 Å². The molecule has 2 amide bonds. The number of nitrogens with zero attached hydrogens (tertiary/aromatic N) is 5. The minimum atomic E-state index is -0.424. The molecule has 0 saturated carbocycles. The number of nitrogens with one attached hydrogen (secondary N) is 2. The fraction of sp³-hybridized carbons (Fsp3) is 0.296. The fourth-order valence-corrected chi connectivity index (χ4v) is 5.54. The maximum atomic E-state index is 12.8. The minimum Gasteiger partial charge on any atom is -0.342 e. The Balaban J connectivity index is 1.41. The lowest BCUT2D eigenvalue weighted by Gasteiger charge is -2.22. The SMILES string of the molecule is CCn1c(SCC(=O)Nc2nc(-c3ccc(C)c([N+](=O)[O-])c3)cs2)nnc1C(NC(=O)c1ccccc1)C(C)C. The number of thioether (sulfide) groups is 1. The molecule has 0 aliphatic heterocycles. The van der Waals surface area contributed by atoms with Crippen molar-refractivity contribution in [1.82, 2.24) is 25.1 Å². The van der Waals surface area contributed by atoms with E-state index in [0.29, 0.717) is 45.0 Å². The van der Waals surface area contributed by atoms with E-state index in [2.05, 4.69) is 25.8 Å². The zero-order valence-electron chi connectivity index (χ0n) is 22.5. The van der Waals surface area contributed by atoms with Crippen LogP contribution in [-0.4, -0.2) is 42.2 Å². The van der Waals surface area contributed by atoms with Crippen LogP contribution in [0.3, 0.4) is 0 Å². The Bertz CT molecular complexity index is 1520. The van der Waals surface area contributed by atoms with Gasteiger partial charge in [0.05, 0.1) is 22.4 Å². The van der Waals surface area contributed by atoms with Gasteiger partial charge in [0.25, 0.3) is 11.6 Å². The van der Waals surface area contributed by atoms with Gasteiger partial charge in [0, 0.05) is 34.7 Å².